The fourth-order valence-electron chi connectivity index (χ4n) is 2.59. The van der Waals surface area contributed by atoms with E-state index >= 15 is 0 Å². The summed E-state index contributed by atoms with van der Waals surface area (Å²) >= 11 is 13.7. The number of anilines is 1. The highest BCUT2D eigenvalue weighted by atomic mass is 35.5. The lowest BCUT2D eigenvalue weighted by atomic mass is 10.2. The number of carbonyl (C=O) groups is 1. The molecule has 0 fully saturated rings. The number of hydrogen-bond donors (Lipinski definition) is 1. The standard InChI is InChI=1S/C21H26Cl2N2O4S2/c1-4-20(29-18-9-7-17(8-10-18)25(2)31(3,27)28)21(26)24-11-12-30-14-15-5-6-16(22)13-19(15)23/h5-10,13,20H,4,11-12,14H2,1-3H3,(H,24,26)/t20-/m1/s1. The lowest BCUT2D eigenvalue weighted by molar-refractivity contribution is -0.127. The molecule has 0 aliphatic carbocycles. The molecule has 0 spiro atoms. The van der Waals surface area contributed by atoms with E-state index in [1.54, 1.807) is 48.2 Å². The molecule has 0 aliphatic heterocycles. The van der Waals surface area contributed by atoms with E-state index in [1.807, 2.05) is 13.0 Å². The predicted molar refractivity (Wildman–Crippen MR) is 130 cm³/mol. The summed E-state index contributed by atoms with van der Waals surface area (Å²) in [4.78, 5) is 12.4. The van der Waals surface area contributed by atoms with E-state index in [1.165, 1.54) is 11.4 Å². The SMILES string of the molecule is CC[C@@H](Oc1ccc(N(C)S(C)(=O)=O)cc1)C(=O)NCCSCc1ccc(Cl)cc1Cl. The van der Waals surface area contributed by atoms with Crippen molar-refractivity contribution in [1.29, 1.82) is 0 Å². The van der Waals surface area contributed by atoms with Crippen LogP contribution in [0.4, 0.5) is 5.69 Å². The first-order valence-corrected chi connectivity index (χ1v) is 13.4. The average Bonchev–Trinajstić information content (AvgIpc) is 2.72. The Labute approximate surface area is 198 Å². The van der Waals surface area contributed by atoms with Gasteiger partial charge in [-0.3, -0.25) is 9.10 Å². The second-order valence-corrected chi connectivity index (χ2v) is 10.8. The Kier molecular flexibility index (Phi) is 9.81. The molecule has 0 aliphatic rings. The lowest BCUT2D eigenvalue weighted by Crippen LogP contribution is -2.39. The smallest absolute Gasteiger partial charge is 0.261 e. The summed E-state index contributed by atoms with van der Waals surface area (Å²) in [5.74, 6) is 1.77. The molecule has 0 radical (unpaired) electrons. The Morgan fingerprint density at radius 3 is 2.45 bits per heavy atom. The Bertz CT molecular complexity index is 985. The summed E-state index contributed by atoms with van der Waals surface area (Å²) in [6.07, 6.45) is 1.01. The molecule has 0 aromatic heterocycles. The molecule has 10 heteroatoms. The van der Waals surface area contributed by atoms with Gasteiger partial charge in [0, 0.05) is 35.1 Å². The van der Waals surface area contributed by atoms with Crippen molar-refractivity contribution in [3.05, 3.63) is 58.1 Å². The van der Waals surface area contributed by atoms with Crippen LogP contribution in [0.3, 0.4) is 0 Å². The van der Waals surface area contributed by atoms with Crippen molar-refractivity contribution >= 4 is 56.6 Å². The summed E-state index contributed by atoms with van der Waals surface area (Å²) < 4.78 is 30.2. The van der Waals surface area contributed by atoms with Gasteiger partial charge in [-0.05, 0) is 48.4 Å². The average molecular weight is 505 g/mol. The van der Waals surface area contributed by atoms with Crippen LogP contribution in [0.2, 0.25) is 10.0 Å². The zero-order valence-electron chi connectivity index (χ0n) is 17.6. The fraction of sp³-hybridized carbons (Fsp3) is 0.381. The number of rotatable bonds is 11. The van der Waals surface area contributed by atoms with Crippen LogP contribution in [-0.4, -0.2) is 46.0 Å². The van der Waals surface area contributed by atoms with E-state index in [0.717, 1.165) is 23.3 Å². The van der Waals surface area contributed by atoms with Crippen LogP contribution in [0.5, 0.6) is 5.75 Å². The molecule has 2 aromatic rings. The van der Waals surface area contributed by atoms with Gasteiger partial charge in [0.05, 0.1) is 11.9 Å². The third kappa shape index (κ3) is 8.11. The first-order valence-electron chi connectivity index (χ1n) is 9.61. The van der Waals surface area contributed by atoms with Crippen LogP contribution in [0, 0.1) is 0 Å². The van der Waals surface area contributed by atoms with Gasteiger partial charge in [0.2, 0.25) is 10.0 Å². The quantitative estimate of drug-likeness (QED) is 0.452. The Balaban J connectivity index is 1.79. The molecule has 2 aromatic carbocycles. The lowest BCUT2D eigenvalue weighted by Gasteiger charge is -2.19. The minimum Gasteiger partial charge on any atom is -0.481 e. The highest BCUT2D eigenvalue weighted by Gasteiger charge is 2.18. The monoisotopic (exact) mass is 504 g/mol. The van der Waals surface area contributed by atoms with Gasteiger partial charge in [-0.1, -0.05) is 36.2 Å². The Hall–Kier alpha value is -1.61. The van der Waals surface area contributed by atoms with Crippen molar-refractivity contribution in [2.24, 2.45) is 0 Å². The van der Waals surface area contributed by atoms with E-state index in [0.29, 0.717) is 34.4 Å². The molecule has 0 saturated heterocycles. The number of amides is 1. The largest absolute Gasteiger partial charge is 0.481 e. The van der Waals surface area contributed by atoms with E-state index in [4.69, 9.17) is 27.9 Å². The molecule has 6 nitrogen and oxygen atoms in total. The first-order chi connectivity index (χ1) is 14.6. The number of hydrogen-bond acceptors (Lipinski definition) is 5. The molecule has 0 bridgehead atoms. The van der Waals surface area contributed by atoms with Gasteiger partial charge < -0.3 is 10.1 Å². The predicted octanol–water partition coefficient (Wildman–Crippen LogP) is 4.60. The van der Waals surface area contributed by atoms with Gasteiger partial charge >= 0.3 is 0 Å². The second-order valence-electron chi connectivity index (χ2n) is 6.82. The minimum atomic E-state index is -3.33. The zero-order chi connectivity index (χ0) is 23.0. The summed E-state index contributed by atoms with van der Waals surface area (Å²) in [5.41, 5.74) is 1.52. The van der Waals surface area contributed by atoms with E-state index in [-0.39, 0.29) is 5.91 Å². The van der Waals surface area contributed by atoms with Gasteiger partial charge in [-0.15, -0.1) is 0 Å². The van der Waals surface area contributed by atoms with Gasteiger partial charge in [0.1, 0.15) is 5.75 Å². The van der Waals surface area contributed by atoms with E-state index in [2.05, 4.69) is 5.32 Å². The second kappa shape index (κ2) is 11.9. The normalized spacial score (nSPS) is 12.3. The number of sulfonamides is 1. The number of nitrogens with zero attached hydrogens (tertiary/aromatic N) is 1. The number of nitrogens with one attached hydrogen (secondary N) is 1. The van der Waals surface area contributed by atoms with Crippen molar-refractivity contribution in [1.82, 2.24) is 5.32 Å². The molecule has 1 N–H and O–H groups in total. The summed E-state index contributed by atoms with van der Waals surface area (Å²) in [6.45, 7) is 2.37. The molecular weight excluding hydrogens is 479 g/mol. The van der Waals surface area contributed by atoms with Crippen LogP contribution in [0.1, 0.15) is 18.9 Å². The van der Waals surface area contributed by atoms with Gasteiger partial charge in [-0.2, -0.15) is 11.8 Å². The minimum absolute atomic E-state index is 0.190. The molecule has 1 atom stereocenters. The molecule has 31 heavy (non-hydrogen) atoms. The molecule has 0 unspecified atom stereocenters. The van der Waals surface area contributed by atoms with Crippen LogP contribution < -0.4 is 14.4 Å². The fourth-order valence-corrected chi connectivity index (χ4v) is 4.52. The summed E-state index contributed by atoms with van der Waals surface area (Å²) in [7, 11) is -1.86. The van der Waals surface area contributed by atoms with E-state index < -0.39 is 16.1 Å². The van der Waals surface area contributed by atoms with Crippen LogP contribution in [-0.2, 0) is 20.6 Å². The maximum absolute atomic E-state index is 12.4. The van der Waals surface area contributed by atoms with Gasteiger partial charge in [0.15, 0.2) is 6.10 Å². The highest BCUT2D eigenvalue weighted by Crippen LogP contribution is 2.24. The molecular formula is C21H26Cl2N2O4S2. The number of halogens is 2. The zero-order valence-corrected chi connectivity index (χ0v) is 20.7. The Morgan fingerprint density at radius 1 is 1.19 bits per heavy atom. The van der Waals surface area contributed by atoms with Crippen molar-refractivity contribution in [2.45, 2.75) is 25.2 Å². The maximum atomic E-state index is 12.4. The highest BCUT2D eigenvalue weighted by molar-refractivity contribution is 7.98. The van der Waals surface area contributed by atoms with Gasteiger partial charge in [-0.25, -0.2) is 8.42 Å². The van der Waals surface area contributed by atoms with Crippen molar-refractivity contribution in [2.75, 3.05) is 29.9 Å². The molecule has 0 saturated carbocycles. The van der Waals surface area contributed by atoms with Crippen molar-refractivity contribution < 1.29 is 17.9 Å². The van der Waals surface area contributed by atoms with Crippen molar-refractivity contribution in [3.8, 4) is 5.75 Å². The molecule has 1 amide bonds. The Morgan fingerprint density at radius 2 is 1.87 bits per heavy atom. The van der Waals surface area contributed by atoms with Crippen molar-refractivity contribution in [3.63, 3.8) is 0 Å². The van der Waals surface area contributed by atoms with Gasteiger partial charge in [0.25, 0.3) is 5.91 Å². The number of carbonyl (C=O) groups excluding carboxylic acids is 1. The number of benzene rings is 2. The third-order valence-electron chi connectivity index (χ3n) is 4.46. The van der Waals surface area contributed by atoms with Crippen LogP contribution >= 0.6 is 35.0 Å². The summed E-state index contributed by atoms with van der Waals surface area (Å²) in [6, 6.07) is 12.0. The van der Waals surface area contributed by atoms with Crippen LogP contribution in [0.25, 0.3) is 0 Å². The van der Waals surface area contributed by atoms with Crippen LogP contribution in [0.15, 0.2) is 42.5 Å². The third-order valence-corrected chi connectivity index (χ3v) is 7.26. The molecule has 0 heterocycles. The molecule has 2 rings (SSSR count). The summed E-state index contributed by atoms with van der Waals surface area (Å²) in [5, 5.41) is 4.13. The first kappa shape index (κ1) is 25.6. The number of ether oxygens (including phenoxy) is 1. The maximum Gasteiger partial charge on any atom is 0.261 e. The van der Waals surface area contributed by atoms with E-state index in [9.17, 15) is 13.2 Å². The number of thioether (sulfide) groups is 1. The topological polar surface area (TPSA) is 75.7 Å². The molecule has 170 valence electrons.